The van der Waals surface area contributed by atoms with Crippen molar-refractivity contribution in [3.63, 3.8) is 0 Å². The van der Waals surface area contributed by atoms with Crippen LogP contribution in [-0.4, -0.2) is 91.5 Å². The van der Waals surface area contributed by atoms with E-state index >= 15 is 0 Å². The summed E-state index contributed by atoms with van der Waals surface area (Å²) in [5, 5.41) is 21.8. The molecule has 3 aliphatic rings. The molecule has 2 fully saturated rings. The summed E-state index contributed by atoms with van der Waals surface area (Å²) in [5.74, 6) is 7.06. The van der Waals surface area contributed by atoms with Gasteiger partial charge in [0, 0.05) is 19.4 Å². The molecule has 5 heterocycles. The summed E-state index contributed by atoms with van der Waals surface area (Å²) in [7, 11) is -4.19. The monoisotopic (exact) mass is 617 g/mol. The van der Waals surface area contributed by atoms with Crippen molar-refractivity contribution in [2.24, 2.45) is 10.2 Å². The van der Waals surface area contributed by atoms with E-state index in [2.05, 4.69) is 53.3 Å². The van der Waals surface area contributed by atoms with Gasteiger partial charge in [0.05, 0.1) is 32.5 Å². The van der Waals surface area contributed by atoms with E-state index in [4.69, 9.17) is 36.0 Å². The van der Waals surface area contributed by atoms with E-state index in [1.54, 1.807) is 18.4 Å². The largest absolute Gasteiger partial charge is 0.403 e. The lowest BCUT2D eigenvalue weighted by Gasteiger charge is -2.25. The fourth-order valence-corrected chi connectivity index (χ4v) is 5.62. The molecule has 3 unspecified atom stereocenters. The Labute approximate surface area is 246 Å². The van der Waals surface area contributed by atoms with Crippen LogP contribution in [-0.2, 0) is 28.1 Å². The van der Waals surface area contributed by atoms with Crippen LogP contribution in [0.4, 0.5) is 5.82 Å². The van der Waals surface area contributed by atoms with Gasteiger partial charge in [0.15, 0.2) is 23.5 Å². The van der Waals surface area contributed by atoms with Crippen LogP contribution >= 0.6 is 7.75 Å². The molecule has 18 heteroatoms. The van der Waals surface area contributed by atoms with Crippen LogP contribution in [0.15, 0.2) is 16.6 Å². The number of aliphatic hydroxyl groups is 1. The van der Waals surface area contributed by atoms with E-state index in [1.807, 2.05) is 0 Å². The Balaban J connectivity index is 1.29. The number of imidazole rings is 1. The number of fused-ring (bicyclic) bond motifs is 2. The molecule has 5 rings (SSSR count). The maximum Gasteiger partial charge on any atom is 0.403 e. The number of rotatable bonds is 12. The lowest BCUT2D eigenvalue weighted by atomic mass is 10.0. The summed E-state index contributed by atoms with van der Waals surface area (Å²) >= 11 is 0. The summed E-state index contributed by atoms with van der Waals surface area (Å²) in [6, 6.07) is 0. The van der Waals surface area contributed by atoms with Gasteiger partial charge in [-0.2, -0.15) is 10.2 Å². The zero-order valence-electron chi connectivity index (χ0n) is 23.5. The topological polar surface area (TPSA) is 230 Å². The van der Waals surface area contributed by atoms with Crippen LogP contribution in [0.1, 0.15) is 45.2 Å². The SMILES string of the molecule is C#CCCC1(CC(=O)NCC#Cc2nc(N)c3ncn([C@H]4O[C@@H](COP(=O)(O)NCCO)C5OC(C)(C)OC54)c3n2)N=N1. The number of carbonyl (C=O) groups excluding carboxylic acids is 1. The highest BCUT2D eigenvalue weighted by molar-refractivity contribution is 7.50. The van der Waals surface area contributed by atoms with Gasteiger partial charge >= 0.3 is 7.75 Å². The number of aromatic nitrogens is 4. The van der Waals surface area contributed by atoms with Crippen LogP contribution < -0.4 is 16.1 Å². The lowest BCUT2D eigenvalue weighted by molar-refractivity contribution is -0.199. The number of ether oxygens (including phenoxy) is 3. The Morgan fingerprint density at radius 2 is 2.07 bits per heavy atom. The van der Waals surface area contributed by atoms with E-state index in [0.717, 1.165) is 0 Å². The van der Waals surface area contributed by atoms with Crippen LogP contribution in [0, 0.1) is 24.2 Å². The number of anilines is 1. The fraction of sp³-hybridized carbons (Fsp3) is 0.600. The zero-order chi connectivity index (χ0) is 30.8. The number of nitrogens with zero attached hydrogens (tertiary/aromatic N) is 6. The third kappa shape index (κ3) is 7.18. The van der Waals surface area contributed by atoms with E-state index in [-0.39, 0.29) is 50.3 Å². The molecule has 0 spiro atoms. The maximum atomic E-state index is 12.3. The molecule has 2 saturated heterocycles. The normalized spacial score (nSPS) is 25.8. The molecule has 0 aliphatic carbocycles. The highest BCUT2D eigenvalue weighted by Gasteiger charge is 2.56. The Hall–Kier alpha value is -3.51. The van der Waals surface area contributed by atoms with E-state index < -0.39 is 43.7 Å². The number of terminal acetylenes is 1. The molecular weight excluding hydrogens is 585 g/mol. The van der Waals surface area contributed by atoms with Crippen molar-refractivity contribution < 1.29 is 38.1 Å². The van der Waals surface area contributed by atoms with Crippen LogP contribution in [0.25, 0.3) is 11.2 Å². The smallest absolute Gasteiger partial charge is 0.395 e. The van der Waals surface area contributed by atoms with E-state index in [1.165, 1.54) is 6.33 Å². The van der Waals surface area contributed by atoms with Gasteiger partial charge in [-0.3, -0.25) is 13.9 Å². The molecule has 43 heavy (non-hydrogen) atoms. The predicted octanol–water partition coefficient (Wildman–Crippen LogP) is -0.0418. The molecular formula is C25H32N9O8P. The average Bonchev–Trinajstić information content (AvgIpc) is 3.26. The first kappa shape index (κ1) is 30.9. The highest BCUT2D eigenvalue weighted by atomic mass is 31.2. The minimum atomic E-state index is -4.19. The van der Waals surface area contributed by atoms with Crippen molar-refractivity contribution >= 4 is 30.6 Å². The van der Waals surface area contributed by atoms with Gasteiger partial charge in [-0.1, -0.05) is 5.92 Å². The summed E-state index contributed by atoms with van der Waals surface area (Å²) in [6.07, 6.45) is 4.92. The third-order valence-electron chi connectivity index (χ3n) is 6.76. The van der Waals surface area contributed by atoms with Crippen molar-refractivity contribution in [3.05, 3.63) is 12.2 Å². The third-order valence-corrected chi connectivity index (χ3v) is 7.88. The number of nitrogens with one attached hydrogen (secondary N) is 2. The summed E-state index contributed by atoms with van der Waals surface area (Å²) in [6.45, 7) is 2.74. The fourth-order valence-electron chi connectivity index (χ4n) is 4.80. The summed E-state index contributed by atoms with van der Waals surface area (Å²) < 4.78 is 37.4. The first-order valence-electron chi connectivity index (χ1n) is 13.4. The average molecular weight is 618 g/mol. The lowest BCUT2D eigenvalue weighted by Crippen LogP contribution is -2.33. The second kappa shape index (κ2) is 12.2. The van der Waals surface area contributed by atoms with Gasteiger partial charge in [0.1, 0.15) is 23.8 Å². The summed E-state index contributed by atoms with van der Waals surface area (Å²) in [5.41, 5.74) is 6.04. The Morgan fingerprint density at radius 1 is 1.30 bits per heavy atom. The predicted molar refractivity (Wildman–Crippen MR) is 148 cm³/mol. The first-order valence-corrected chi connectivity index (χ1v) is 15.0. The molecule has 0 bridgehead atoms. The van der Waals surface area contributed by atoms with Crippen molar-refractivity contribution in [2.75, 3.05) is 32.0 Å². The van der Waals surface area contributed by atoms with Crippen LogP contribution in [0.3, 0.4) is 0 Å². The first-order chi connectivity index (χ1) is 20.4. The molecule has 3 aliphatic heterocycles. The number of nitrogens with two attached hydrogens (primary N) is 1. The number of aliphatic hydroxyl groups excluding tert-OH is 1. The number of amides is 1. The molecule has 2 aromatic rings. The molecule has 17 nitrogen and oxygen atoms in total. The quantitative estimate of drug-likeness (QED) is 0.156. The Kier molecular flexibility index (Phi) is 8.80. The van der Waals surface area contributed by atoms with Crippen molar-refractivity contribution in [1.82, 2.24) is 29.9 Å². The van der Waals surface area contributed by atoms with Crippen LogP contribution in [0.2, 0.25) is 0 Å². The van der Waals surface area contributed by atoms with Gasteiger partial charge < -0.3 is 35.3 Å². The summed E-state index contributed by atoms with van der Waals surface area (Å²) in [4.78, 5) is 35.3. The molecule has 230 valence electrons. The number of hydrogen-bond donors (Lipinski definition) is 5. The highest BCUT2D eigenvalue weighted by Crippen LogP contribution is 2.46. The molecule has 0 aromatic carbocycles. The van der Waals surface area contributed by atoms with Crippen molar-refractivity contribution in [3.8, 4) is 24.2 Å². The van der Waals surface area contributed by atoms with Crippen LogP contribution in [0.5, 0.6) is 0 Å². The molecule has 0 radical (unpaired) electrons. The van der Waals surface area contributed by atoms with Gasteiger partial charge in [-0.25, -0.2) is 24.6 Å². The van der Waals surface area contributed by atoms with Gasteiger partial charge in [-0.15, -0.1) is 12.3 Å². The molecule has 5 atom stereocenters. The van der Waals surface area contributed by atoms with Crippen molar-refractivity contribution in [1.29, 1.82) is 0 Å². The number of hydrogen-bond acceptors (Lipinski definition) is 13. The number of carbonyl (C=O) groups is 1. The maximum absolute atomic E-state index is 12.3. The minimum absolute atomic E-state index is 0.0317. The Bertz CT molecular complexity index is 1560. The minimum Gasteiger partial charge on any atom is -0.395 e. The second-order valence-corrected chi connectivity index (χ2v) is 12.1. The van der Waals surface area contributed by atoms with Gasteiger partial charge in [-0.05, 0) is 19.8 Å². The van der Waals surface area contributed by atoms with Gasteiger partial charge in [0.25, 0.3) is 0 Å². The zero-order valence-corrected chi connectivity index (χ0v) is 24.4. The second-order valence-electron chi connectivity index (χ2n) is 10.5. The van der Waals surface area contributed by atoms with Gasteiger partial charge in [0.2, 0.25) is 17.4 Å². The molecule has 6 N–H and O–H groups in total. The van der Waals surface area contributed by atoms with E-state index in [0.29, 0.717) is 24.0 Å². The molecule has 0 saturated carbocycles. The van der Waals surface area contributed by atoms with E-state index in [9.17, 15) is 14.3 Å². The molecule has 1 amide bonds. The standard InChI is InChI=1S/C25H32N9O8P/c1-4-5-8-25(32-33-25)12-17(36)27-9-6-7-16-30-21(26)18-22(31-16)34(14-28-18)23-20-19(41-24(2,3)42-20)15(40-23)13-39-43(37,38)29-10-11-35/h1,14-15,19-20,23,35H,5,8-13H2,2-3H3,(H,27,36)(H2,26,30,31)(H2,29,37,38)/t15-,19?,20?,23-/m0/s1. The number of nitrogen functional groups attached to an aromatic ring is 1. The Morgan fingerprint density at radius 3 is 2.79 bits per heavy atom. The van der Waals surface area contributed by atoms with Crippen molar-refractivity contribution in [2.45, 2.75) is 69.1 Å². The molecule has 2 aromatic heterocycles.